The van der Waals surface area contributed by atoms with E-state index in [9.17, 15) is 11.0 Å². The molecular formula is C61H47N3. The summed E-state index contributed by atoms with van der Waals surface area (Å²) in [7, 11) is 0. The molecule has 0 saturated heterocycles. The van der Waals surface area contributed by atoms with Crippen LogP contribution in [0.3, 0.4) is 0 Å². The average Bonchev–Trinajstić information content (AvgIpc) is 3.43. The molecule has 0 aliphatic rings. The molecule has 10 rings (SSSR count). The van der Waals surface area contributed by atoms with E-state index >= 15 is 0 Å². The van der Waals surface area contributed by atoms with Gasteiger partial charge >= 0.3 is 0 Å². The van der Waals surface area contributed by atoms with E-state index in [2.05, 4.69) is 57.4 Å². The summed E-state index contributed by atoms with van der Waals surface area (Å²) < 4.78 is 76.8. The molecule has 3 aromatic heterocycles. The number of benzene rings is 7. The van der Waals surface area contributed by atoms with Crippen LogP contribution in [-0.4, -0.2) is 15.0 Å². The number of pyridine rings is 3. The molecule has 64 heavy (non-hydrogen) atoms. The van der Waals surface area contributed by atoms with Gasteiger partial charge in [-0.1, -0.05) is 176 Å². The fourth-order valence-corrected chi connectivity index (χ4v) is 7.89. The van der Waals surface area contributed by atoms with Crippen molar-refractivity contribution in [2.75, 3.05) is 0 Å². The lowest BCUT2D eigenvalue weighted by Crippen LogP contribution is -1.98. The quantitative estimate of drug-likeness (QED) is 0.116. The van der Waals surface area contributed by atoms with Crippen LogP contribution in [0, 0.1) is 0 Å². The van der Waals surface area contributed by atoms with Crippen molar-refractivity contribution in [3.05, 3.63) is 259 Å². The Labute approximate surface area is 387 Å². The molecule has 0 radical (unpaired) electrons. The average molecular weight is 830 g/mol. The Morgan fingerprint density at radius 3 is 1.19 bits per heavy atom. The molecular weight excluding hydrogens is 775 g/mol. The number of hydrogen-bond donors (Lipinski definition) is 0. The lowest BCUT2D eigenvalue weighted by atomic mass is 9.86. The second-order valence-corrected chi connectivity index (χ2v) is 15.3. The van der Waals surface area contributed by atoms with Gasteiger partial charge in [-0.15, -0.1) is 0 Å². The molecule has 0 atom stereocenters. The molecule has 0 saturated carbocycles. The van der Waals surface area contributed by atoms with Crippen LogP contribution >= 0.6 is 0 Å². The molecule has 0 bridgehead atoms. The first-order chi connectivity index (χ1) is 34.7. The normalized spacial score (nSPS) is 13.8. The molecule has 0 aliphatic heterocycles. The molecule has 3 heterocycles. The summed E-state index contributed by atoms with van der Waals surface area (Å²) in [4.78, 5) is 13.5. The van der Waals surface area contributed by atoms with Gasteiger partial charge in [0, 0.05) is 46.2 Å². The van der Waals surface area contributed by atoms with Crippen LogP contribution in [0.2, 0.25) is 0 Å². The summed E-state index contributed by atoms with van der Waals surface area (Å²) in [5.74, 6) is 0. The highest BCUT2D eigenvalue weighted by molar-refractivity contribution is 5.93. The third-order valence-corrected chi connectivity index (χ3v) is 11.1. The van der Waals surface area contributed by atoms with Gasteiger partial charge < -0.3 is 0 Å². The van der Waals surface area contributed by atoms with Crippen LogP contribution in [0.4, 0.5) is 0 Å². The molecule has 0 N–H and O–H groups in total. The van der Waals surface area contributed by atoms with Crippen molar-refractivity contribution >= 4 is 0 Å². The van der Waals surface area contributed by atoms with E-state index in [1.165, 1.54) is 6.07 Å². The Hall–Kier alpha value is -8.01. The fraction of sp³-hybridized carbons (Fsp3) is 0.0656. The summed E-state index contributed by atoms with van der Waals surface area (Å²) in [5.41, 5.74) is 10.9. The van der Waals surface area contributed by atoms with Crippen molar-refractivity contribution in [1.82, 2.24) is 15.0 Å². The van der Waals surface area contributed by atoms with Gasteiger partial charge in [-0.3, -0.25) is 15.0 Å². The van der Waals surface area contributed by atoms with E-state index in [0.717, 1.165) is 55.8 Å². The smallest absolute Gasteiger partial charge is 0.0702 e. The van der Waals surface area contributed by atoms with Gasteiger partial charge in [-0.2, -0.15) is 0 Å². The highest BCUT2D eigenvalue weighted by Gasteiger charge is 2.16. The number of nitrogens with zero attached hydrogens (tertiary/aromatic N) is 3. The number of hydrogen-bond acceptors (Lipinski definition) is 3. The van der Waals surface area contributed by atoms with Gasteiger partial charge in [0.15, 0.2) is 0 Å². The summed E-state index contributed by atoms with van der Waals surface area (Å²) in [5, 5.41) is 0. The fourth-order valence-electron chi connectivity index (χ4n) is 7.89. The molecule has 0 fully saturated rings. The third-order valence-electron chi connectivity index (χ3n) is 11.1. The Morgan fingerprint density at radius 2 is 0.656 bits per heavy atom. The second-order valence-electron chi connectivity index (χ2n) is 15.3. The van der Waals surface area contributed by atoms with E-state index in [-0.39, 0.29) is 22.3 Å². The van der Waals surface area contributed by atoms with Gasteiger partial charge in [0.05, 0.1) is 17.1 Å². The standard InChI is InChI=1S/C61H47N3/c1-2-12-48(13-3-1)49-31-33-50(34-32-49)58-43-53(61-18-8-11-39-64-61)35-36-57(58)56-15-5-4-14-55(56)54-41-46(21-19-44-23-27-51(28-24-44)59-16-6-9-37-62-59)40-47(42-54)22-20-45-25-29-52(30-26-45)60-17-7-10-38-63-60/h1-18,23-43H,19-22H2/i19D2,20D2,21D2,22D2. The van der Waals surface area contributed by atoms with Crippen molar-refractivity contribution in [2.45, 2.75) is 25.5 Å². The highest BCUT2D eigenvalue weighted by atomic mass is 14.7. The predicted molar refractivity (Wildman–Crippen MR) is 266 cm³/mol. The van der Waals surface area contributed by atoms with Gasteiger partial charge in [0.1, 0.15) is 0 Å². The van der Waals surface area contributed by atoms with Crippen molar-refractivity contribution < 1.29 is 11.0 Å². The van der Waals surface area contributed by atoms with E-state index < -0.39 is 25.5 Å². The second kappa shape index (κ2) is 18.9. The maximum absolute atomic E-state index is 9.71. The van der Waals surface area contributed by atoms with Gasteiger partial charge in [0.25, 0.3) is 0 Å². The first-order valence-corrected chi connectivity index (χ1v) is 21.2. The number of aryl methyl sites for hydroxylation is 4. The Morgan fingerprint density at radius 1 is 0.250 bits per heavy atom. The van der Waals surface area contributed by atoms with Crippen LogP contribution in [-0.2, 0) is 25.5 Å². The Bertz CT molecular complexity index is 3360. The maximum atomic E-state index is 9.71. The zero-order valence-corrected chi connectivity index (χ0v) is 34.9. The zero-order valence-electron chi connectivity index (χ0n) is 42.9. The summed E-state index contributed by atoms with van der Waals surface area (Å²) in [6.45, 7) is 0. The van der Waals surface area contributed by atoms with Gasteiger partial charge in [-0.05, 0) is 135 Å². The van der Waals surface area contributed by atoms with Crippen molar-refractivity contribution in [3.63, 3.8) is 0 Å². The summed E-state index contributed by atoms with van der Waals surface area (Å²) in [6, 6.07) is 66.6. The Balaban J connectivity index is 1.13. The molecule has 306 valence electrons. The van der Waals surface area contributed by atoms with Crippen LogP contribution in [0.5, 0.6) is 0 Å². The van der Waals surface area contributed by atoms with Gasteiger partial charge in [0.2, 0.25) is 0 Å². The summed E-state index contributed by atoms with van der Waals surface area (Å²) >= 11 is 0. The van der Waals surface area contributed by atoms with Crippen molar-refractivity contribution in [3.8, 4) is 78.3 Å². The first-order valence-electron chi connectivity index (χ1n) is 25.2. The summed E-state index contributed by atoms with van der Waals surface area (Å²) in [6.07, 6.45) is -5.76. The molecule has 7 aromatic carbocycles. The SMILES string of the molecule is [2H]C([2H])(c1ccc(-c2ccccn2)cc1)C([2H])([2H])c1cc(-c2ccccc2-c2ccc(-c3ccccn3)cc2-c2ccc(-c3ccccc3)cc2)cc(C([2H])([2H])C([2H])([2H])c2ccc(-c3ccccn3)cc2)c1. The topological polar surface area (TPSA) is 38.7 Å². The first kappa shape index (κ1) is 31.8. The van der Waals surface area contributed by atoms with Crippen molar-refractivity contribution in [1.29, 1.82) is 0 Å². The number of rotatable bonds is 13. The van der Waals surface area contributed by atoms with E-state index in [4.69, 9.17) is 0 Å². The highest BCUT2D eigenvalue weighted by Crippen LogP contribution is 2.41. The van der Waals surface area contributed by atoms with E-state index in [1.807, 2.05) is 109 Å². The minimum Gasteiger partial charge on any atom is -0.256 e. The molecule has 3 nitrogen and oxygen atoms in total. The molecule has 0 aliphatic carbocycles. The maximum Gasteiger partial charge on any atom is 0.0702 e. The number of aromatic nitrogens is 3. The minimum atomic E-state index is -2.78. The lowest BCUT2D eigenvalue weighted by molar-refractivity contribution is 0.931. The van der Waals surface area contributed by atoms with Crippen molar-refractivity contribution in [2.24, 2.45) is 0 Å². The largest absolute Gasteiger partial charge is 0.256 e. The third kappa shape index (κ3) is 9.25. The van der Waals surface area contributed by atoms with Crippen LogP contribution < -0.4 is 0 Å². The van der Waals surface area contributed by atoms with E-state index in [1.54, 1.807) is 79.3 Å². The Kier molecular flexibility index (Phi) is 9.41. The lowest BCUT2D eigenvalue weighted by Gasteiger charge is -2.18. The minimum absolute atomic E-state index is 0.0711. The van der Waals surface area contributed by atoms with Crippen LogP contribution in [0.25, 0.3) is 78.3 Å². The molecule has 3 heteroatoms. The van der Waals surface area contributed by atoms with Gasteiger partial charge in [-0.25, -0.2) is 0 Å². The zero-order chi connectivity index (χ0) is 50.1. The molecule has 0 amide bonds. The van der Waals surface area contributed by atoms with Crippen LogP contribution in [0.15, 0.2) is 237 Å². The molecule has 0 spiro atoms. The van der Waals surface area contributed by atoms with Crippen LogP contribution in [0.1, 0.15) is 33.2 Å². The predicted octanol–water partition coefficient (Wildman–Crippen LogP) is 15.1. The van der Waals surface area contributed by atoms with E-state index in [0.29, 0.717) is 22.5 Å². The monoisotopic (exact) mass is 829 g/mol. The molecule has 0 unspecified atom stereocenters. The molecule has 10 aromatic rings.